The third kappa shape index (κ3) is 3.09. The first-order valence-corrected chi connectivity index (χ1v) is 8.50. The average Bonchev–Trinajstić information content (AvgIpc) is 3.26. The number of carbonyl (C=O) groups excluding carboxylic acids is 1. The Kier molecular flexibility index (Phi) is 4.12. The zero-order chi connectivity index (χ0) is 16.7. The zero-order valence-corrected chi connectivity index (χ0v) is 14.1. The van der Waals surface area contributed by atoms with Gasteiger partial charge in [-0.25, -0.2) is 4.98 Å². The molecule has 2 N–H and O–H groups in total. The summed E-state index contributed by atoms with van der Waals surface area (Å²) in [6.45, 7) is 0. The van der Waals surface area contributed by atoms with Crippen LogP contribution in [0.2, 0.25) is 10.0 Å². The van der Waals surface area contributed by atoms with E-state index in [1.165, 1.54) is 12.6 Å². The van der Waals surface area contributed by atoms with Gasteiger partial charge in [-0.15, -0.1) is 0 Å². The second-order valence-electron chi connectivity index (χ2n) is 6.02. The van der Waals surface area contributed by atoms with Crippen LogP contribution in [0, 0.1) is 0 Å². The lowest BCUT2D eigenvalue weighted by Gasteiger charge is -2.20. The Morgan fingerprint density at radius 2 is 2.25 bits per heavy atom. The Labute approximate surface area is 148 Å². The Morgan fingerprint density at radius 3 is 2.96 bits per heavy atom. The summed E-state index contributed by atoms with van der Waals surface area (Å²) in [4.78, 5) is 16.2. The maximum atomic E-state index is 12.3. The summed E-state index contributed by atoms with van der Waals surface area (Å²) in [5.41, 5.74) is 0. The Bertz CT molecular complexity index is 780. The predicted molar refractivity (Wildman–Crippen MR) is 88.9 cm³/mol. The van der Waals surface area contributed by atoms with Crippen LogP contribution in [0.15, 0.2) is 28.8 Å². The van der Waals surface area contributed by atoms with Crippen molar-refractivity contribution in [2.24, 2.45) is 0 Å². The van der Waals surface area contributed by atoms with E-state index in [9.17, 15) is 4.79 Å². The molecule has 2 bridgehead atoms. The van der Waals surface area contributed by atoms with E-state index >= 15 is 0 Å². The lowest BCUT2D eigenvalue weighted by molar-refractivity contribution is 0.0891. The van der Waals surface area contributed by atoms with Gasteiger partial charge in [-0.1, -0.05) is 23.2 Å². The molecule has 3 heterocycles. The quantitative estimate of drug-likeness (QED) is 0.865. The molecule has 24 heavy (non-hydrogen) atoms. The number of ether oxygens (including phenoxy) is 1. The van der Waals surface area contributed by atoms with Gasteiger partial charge in [0.25, 0.3) is 5.89 Å². The van der Waals surface area contributed by atoms with E-state index in [2.05, 4.69) is 15.6 Å². The van der Waals surface area contributed by atoms with Crippen molar-refractivity contribution >= 4 is 29.1 Å². The van der Waals surface area contributed by atoms with E-state index in [1.807, 2.05) is 0 Å². The zero-order valence-electron chi connectivity index (χ0n) is 12.6. The maximum absolute atomic E-state index is 12.3. The number of hydrogen-bond acceptors (Lipinski definition) is 5. The Balaban J connectivity index is 1.41. The molecule has 4 rings (SSSR count). The third-order valence-corrected chi connectivity index (χ3v) is 4.93. The fourth-order valence-electron chi connectivity index (χ4n) is 3.29. The molecule has 2 fully saturated rings. The number of benzene rings is 1. The van der Waals surface area contributed by atoms with Crippen LogP contribution in [0.4, 0.5) is 0 Å². The van der Waals surface area contributed by atoms with Gasteiger partial charge in [-0.2, -0.15) is 0 Å². The van der Waals surface area contributed by atoms with Crippen LogP contribution in [0.25, 0.3) is 0 Å². The number of aromatic nitrogens is 1. The normalized spacial score (nSPS) is 25.0. The van der Waals surface area contributed by atoms with E-state index in [4.69, 9.17) is 32.4 Å². The molecular weight excluding hydrogens is 353 g/mol. The summed E-state index contributed by atoms with van der Waals surface area (Å²) >= 11 is 11.9. The molecular formula is C16H15Cl2N3O3. The van der Waals surface area contributed by atoms with Gasteiger partial charge < -0.3 is 19.8 Å². The minimum absolute atomic E-state index is 0.0298. The smallest absolute Gasteiger partial charge is 0.311 e. The minimum atomic E-state index is -0.341. The molecule has 3 atom stereocenters. The molecule has 2 saturated heterocycles. The number of fused-ring (bicyclic) bond motifs is 2. The second-order valence-corrected chi connectivity index (χ2v) is 6.87. The molecule has 6 nitrogen and oxygen atoms in total. The summed E-state index contributed by atoms with van der Waals surface area (Å²) in [5, 5.41) is 7.28. The van der Waals surface area contributed by atoms with Crippen molar-refractivity contribution < 1.29 is 13.9 Å². The highest BCUT2D eigenvalue weighted by atomic mass is 35.5. The lowest BCUT2D eigenvalue weighted by Crippen LogP contribution is -2.43. The molecule has 1 aromatic carbocycles. The van der Waals surface area contributed by atoms with Crippen molar-refractivity contribution in [3.05, 3.63) is 40.3 Å². The largest absolute Gasteiger partial charge is 0.423 e. The number of carbonyl (C=O) groups is 1. The average molecular weight is 368 g/mol. The van der Waals surface area contributed by atoms with Crippen LogP contribution in [0.3, 0.4) is 0 Å². The number of oxazole rings is 1. The van der Waals surface area contributed by atoms with Gasteiger partial charge in [0.1, 0.15) is 11.9 Å². The van der Waals surface area contributed by atoms with Gasteiger partial charge in [-0.3, -0.25) is 4.79 Å². The van der Waals surface area contributed by atoms with Crippen LogP contribution in [-0.4, -0.2) is 29.0 Å². The summed E-state index contributed by atoms with van der Waals surface area (Å²) in [6, 6.07) is 5.80. The molecule has 8 heteroatoms. The number of nitrogens with one attached hydrogen (secondary N) is 2. The topological polar surface area (TPSA) is 76.4 Å². The maximum Gasteiger partial charge on any atom is 0.311 e. The van der Waals surface area contributed by atoms with Gasteiger partial charge in [0.05, 0.1) is 5.02 Å². The molecule has 0 saturated carbocycles. The molecule has 2 aliphatic heterocycles. The van der Waals surface area contributed by atoms with Crippen LogP contribution in [0.5, 0.6) is 11.7 Å². The Hall–Kier alpha value is -1.76. The van der Waals surface area contributed by atoms with Crippen molar-refractivity contribution in [2.75, 3.05) is 0 Å². The van der Waals surface area contributed by atoms with Gasteiger partial charge in [0.15, 0.2) is 0 Å². The van der Waals surface area contributed by atoms with Crippen molar-refractivity contribution in [3.8, 4) is 11.7 Å². The highest BCUT2D eigenvalue weighted by molar-refractivity contribution is 6.35. The van der Waals surface area contributed by atoms with E-state index < -0.39 is 0 Å². The summed E-state index contributed by atoms with van der Waals surface area (Å²) in [7, 11) is 0. The highest BCUT2D eigenvalue weighted by Gasteiger charge is 2.40. The van der Waals surface area contributed by atoms with Crippen LogP contribution >= 0.6 is 23.2 Å². The summed E-state index contributed by atoms with van der Waals surface area (Å²) < 4.78 is 10.9. The highest BCUT2D eigenvalue weighted by Crippen LogP contribution is 2.32. The number of hydrogen-bond donors (Lipinski definition) is 2. The predicted octanol–water partition coefficient (Wildman–Crippen LogP) is 3.40. The lowest BCUT2D eigenvalue weighted by atomic mass is 9.95. The van der Waals surface area contributed by atoms with E-state index in [1.54, 1.807) is 18.2 Å². The first-order valence-electron chi connectivity index (χ1n) is 7.74. The van der Waals surface area contributed by atoms with Crippen LogP contribution < -0.4 is 15.4 Å². The van der Waals surface area contributed by atoms with E-state index in [-0.39, 0.29) is 23.8 Å². The summed E-state index contributed by atoms with van der Waals surface area (Å²) in [6.07, 6.45) is 4.56. The molecule has 3 unspecified atom stereocenters. The van der Waals surface area contributed by atoms with Gasteiger partial charge >= 0.3 is 11.9 Å². The van der Waals surface area contributed by atoms with Gasteiger partial charge in [0.2, 0.25) is 0 Å². The van der Waals surface area contributed by atoms with E-state index in [0.717, 1.165) is 12.8 Å². The first-order chi connectivity index (χ1) is 11.6. The number of rotatable bonds is 4. The number of halogens is 2. The fraction of sp³-hybridized carbons (Fsp3) is 0.375. The molecule has 1 amide bonds. The molecule has 0 aliphatic carbocycles. The van der Waals surface area contributed by atoms with Crippen LogP contribution in [-0.2, 0) is 0 Å². The van der Waals surface area contributed by atoms with Crippen molar-refractivity contribution in [1.82, 2.24) is 15.6 Å². The number of amides is 1. The van der Waals surface area contributed by atoms with E-state index in [0.29, 0.717) is 27.9 Å². The van der Waals surface area contributed by atoms with Gasteiger partial charge in [0, 0.05) is 23.1 Å². The molecule has 126 valence electrons. The second kappa shape index (κ2) is 6.27. The first kappa shape index (κ1) is 15.7. The molecule has 2 aliphatic rings. The van der Waals surface area contributed by atoms with Crippen molar-refractivity contribution in [1.29, 1.82) is 0 Å². The molecule has 0 spiro atoms. The Morgan fingerprint density at radius 1 is 1.38 bits per heavy atom. The third-order valence-electron chi connectivity index (χ3n) is 4.40. The van der Waals surface area contributed by atoms with Crippen LogP contribution in [0.1, 0.15) is 29.9 Å². The fourth-order valence-corrected chi connectivity index (χ4v) is 3.74. The number of nitrogens with zero attached hydrogens (tertiary/aromatic N) is 1. The minimum Gasteiger partial charge on any atom is -0.423 e. The van der Waals surface area contributed by atoms with Crippen molar-refractivity contribution in [2.45, 2.75) is 37.4 Å². The summed E-state index contributed by atoms with van der Waals surface area (Å²) in [5.74, 6) is 0.0983. The van der Waals surface area contributed by atoms with Crippen molar-refractivity contribution in [3.63, 3.8) is 0 Å². The molecule has 2 aromatic rings. The molecule has 0 radical (unpaired) electrons. The van der Waals surface area contributed by atoms with Gasteiger partial charge in [-0.05, 0) is 37.5 Å². The monoisotopic (exact) mass is 367 g/mol. The SMILES string of the molecule is O=C(NC1CC2CCC1N2)c1ncc(Oc2ccc(Cl)cc2Cl)o1. The standard InChI is InChI=1S/C16H15Cl2N3O3/c17-8-1-4-13(10(18)5-8)23-14-7-19-16(24-14)15(22)21-12-6-9-2-3-11(12)20-9/h1,4-5,7,9,11-12,20H,2-3,6H2,(H,21,22). The molecule has 1 aromatic heterocycles.